The molecular formula is C14H16O2. The van der Waals surface area contributed by atoms with Crippen molar-refractivity contribution in [2.45, 2.75) is 20.3 Å². The molecule has 0 radical (unpaired) electrons. The van der Waals surface area contributed by atoms with E-state index in [1.807, 2.05) is 25.3 Å². The third kappa shape index (κ3) is 2.11. The average molecular weight is 216 g/mol. The maximum Gasteiger partial charge on any atom is 0.118 e. The van der Waals surface area contributed by atoms with E-state index in [4.69, 9.17) is 9.15 Å². The Kier molecular flexibility index (Phi) is 3.00. The number of hydrogen-bond donors (Lipinski definition) is 0. The first-order valence-electron chi connectivity index (χ1n) is 5.37. The van der Waals surface area contributed by atoms with Crippen LogP contribution in [0.1, 0.15) is 22.5 Å². The predicted octanol–water partition coefficient (Wildman–Crippen LogP) is 3.50. The van der Waals surface area contributed by atoms with E-state index in [0.29, 0.717) is 0 Å². The molecule has 84 valence electrons. The first kappa shape index (κ1) is 10.8. The van der Waals surface area contributed by atoms with Crippen LogP contribution in [0.5, 0.6) is 5.75 Å². The Morgan fingerprint density at radius 3 is 2.31 bits per heavy atom. The van der Waals surface area contributed by atoms with Crippen LogP contribution < -0.4 is 4.74 Å². The maximum atomic E-state index is 5.39. The largest absolute Gasteiger partial charge is 0.497 e. The Morgan fingerprint density at radius 1 is 1.12 bits per heavy atom. The van der Waals surface area contributed by atoms with Crippen LogP contribution in [0.3, 0.4) is 0 Å². The van der Waals surface area contributed by atoms with Crippen LogP contribution in [0.4, 0.5) is 0 Å². The lowest BCUT2D eigenvalue weighted by atomic mass is 10.0. The highest BCUT2D eigenvalue weighted by atomic mass is 16.5. The van der Waals surface area contributed by atoms with Crippen molar-refractivity contribution in [2.24, 2.45) is 0 Å². The lowest BCUT2D eigenvalue weighted by Crippen LogP contribution is -1.91. The van der Waals surface area contributed by atoms with Gasteiger partial charge in [-0.3, -0.25) is 0 Å². The Bertz CT molecular complexity index is 446. The Morgan fingerprint density at radius 2 is 1.81 bits per heavy atom. The molecule has 2 heteroatoms. The predicted molar refractivity (Wildman–Crippen MR) is 64.0 cm³/mol. The van der Waals surface area contributed by atoms with Crippen molar-refractivity contribution in [1.82, 2.24) is 0 Å². The highest BCUT2D eigenvalue weighted by Gasteiger charge is 2.07. The lowest BCUT2D eigenvalue weighted by Gasteiger charge is -2.04. The molecular weight excluding hydrogens is 200 g/mol. The Hall–Kier alpha value is -1.70. The van der Waals surface area contributed by atoms with Gasteiger partial charge in [0.05, 0.1) is 13.4 Å². The first-order chi connectivity index (χ1) is 7.70. The van der Waals surface area contributed by atoms with Gasteiger partial charge in [0, 0.05) is 12.0 Å². The molecule has 0 aliphatic carbocycles. The van der Waals surface area contributed by atoms with Crippen molar-refractivity contribution in [2.75, 3.05) is 7.11 Å². The van der Waals surface area contributed by atoms with Crippen LogP contribution >= 0.6 is 0 Å². The summed E-state index contributed by atoms with van der Waals surface area (Å²) < 4.78 is 10.5. The molecule has 0 fully saturated rings. The molecule has 2 nitrogen and oxygen atoms in total. The summed E-state index contributed by atoms with van der Waals surface area (Å²) in [7, 11) is 1.68. The van der Waals surface area contributed by atoms with Crippen LogP contribution in [0, 0.1) is 13.8 Å². The average Bonchev–Trinajstić information content (AvgIpc) is 2.62. The molecule has 1 aromatic heterocycles. The van der Waals surface area contributed by atoms with E-state index in [1.165, 1.54) is 16.7 Å². The lowest BCUT2D eigenvalue weighted by molar-refractivity contribution is 0.414. The van der Waals surface area contributed by atoms with Gasteiger partial charge in [-0.2, -0.15) is 0 Å². The van der Waals surface area contributed by atoms with Gasteiger partial charge in [0.15, 0.2) is 0 Å². The Labute approximate surface area is 95.9 Å². The third-order valence-corrected chi connectivity index (χ3v) is 2.85. The quantitative estimate of drug-likeness (QED) is 0.783. The molecule has 2 rings (SSSR count). The second kappa shape index (κ2) is 4.44. The summed E-state index contributed by atoms with van der Waals surface area (Å²) in [4.78, 5) is 0. The molecule has 0 aliphatic heterocycles. The summed E-state index contributed by atoms with van der Waals surface area (Å²) in [6.07, 6.45) is 2.73. The fourth-order valence-corrected chi connectivity index (χ4v) is 1.81. The van der Waals surface area contributed by atoms with E-state index in [1.54, 1.807) is 7.11 Å². The van der Waals surface area contributed by atoms with Gasteiger partial charge in [-0.15, -0.1) is 0 Å². The molecule has 0 spiro atoms. The molecule has 0 saturated carbocycles. The van der Waals surface area contributed by atoms with Crippen LogP contribution in [-0.2, 0) is 6.42 Å². The second-order valence-corrected chi connectivity index (χ2v) is 3.98. The van der Waals surface area contributed by atoms with Crippen molar-refractivity contribution >= 4 is 0 Å². The molecule has 0 aliphatic rings. The molecule has 1 aromatic carbocycles. The van der Waals surface area contributed by atoms with Crippen molar-refractivity contribution in [3.05, 3.63) is 53.0 Å². The monoisotopic (exact) mass is 216 g/mol. The van der Waals surface area contributed by atoms with E-state index in [-0.39, 0.29) is 0 Å². The van der Waals surface area contributed by atoms with Crippen LogP contribution in [0.15, 0.2) is 34.9 Å². The first-order valence-corrected chi connectivity index (χ1v) is 5.37. The summed E-state index contributed by atoms with van der Waals surface area (Å²) >= 11 is 0. The smallest absolute Gasteiger partial charge is 0.118 e. The minimum Gasteiger partial charge on any atom is -0.497 e. The fraction of sp³-hybridized carbons (Fsp3) is 0.286. The van der Waals surface area contributed by atoms with Crippen molar-refractivity contribution in [3.8, 4) is 5.75 Å². The van der Waals surface area contributed by atoms with E-state index >= 15 is 0 Å². The van der Waals surface area contributed by atoms with Gasteiger partial charge < -0.3 is 9.15 Å². The number of methoxy groups -OCH3 is 1. The van der Waals surface area contributed by atoms with E-state index in [9.17, 15) is 0 Å². The molecule has 0 atom stereocenters. The van der Waals surface area contributed by atoms with Gasteiger partial charge in [-0.05, 0) is 37.1 Å². The standard InChI is InChI=1S/C14H16O2/c1-10-9-16-11(2)14(10)8-12-4-6-13(15-3)7-5-12/h4-7,9H,8H2,1-3H3. The topological polar surface area (TPSA) is 22.4 Å². The highest BCUT2D eigenvalue weighted by Crippen LogP contribution is 2.21. The van der Waals surface area contributed by atoms with Gasteiger partial charge in [0.25, 0.3) is 0 Å². The molecule has 0 amide bonds. The van der Waals surface area contributed by atoms with Crippen LogP contribution in [-0.4, -0.2) is 7.11 Å². The minimum absolute atomic E-state index is 0.893. The fourth-order valence-electron chi connectivity index (χ4n) is 1.81. The van der Waals surface area contributed by atoms with Gasteiger partial charge in [-0.25, -0.2) is 0 Å². The zero-order chi connectivity index (χ0) is 11.5. The van der Waals surface area contributed by atoms with Crippen molar-refractivity contribution in [1.29, 1.82) is 0 Å². The van der Waals surface area contributed by atoms with Crippen LogP contribution in [0.2, 0.25) is 0 Å². The van der Waals surface area contributed by atoms with Gasteiger partial charge in [0.1, 0.15) is 11.5 Å². The molecule has 0 saturated heterocycles. The van der Waals surface area contributed by atoms with E-state index in [2.05, 4.69) is 19.1 Å². The molecule has 0 bridgehead atoms. The highest BCUT2D eigenvalue weighted by molar-refractivity contribution is 5.35. The minimum atomic E-state index is 0.893. The summed E-state index contributed by atoms with van der Waals surface area (Å²) in [5.41, 5.74) is 3.77. The van der Waals surface area contributed by atoms with Crippen molar-refractivity contribution < 1.29 is 9.15 Å². The van der Waals surface area contributed by atoms with Crippen LogP contribution in [0.25, 0.3) is 0 Å². The molecule has 2 aromatic rings. The van der Waals surface area contributed by atoms with Gasteiger partial charge >= 0.3 is 0 Å². The zero-order valence-corrected chi connectivity index (χ0v) is 9.91. The Balaban J connectivity index is 2.20. The number of rotatable bonds is 3. The summed E-state index contributed by atoms with van der Waals surface area (Å²) in [6.45, 7) is 4.08. The van der Waals surface area contributed by atoms with Crippen molar-refractivity contribution in [3.63, 3.8) is 0 Å². The summed E-state index contributed by atoms with van der Waals surface area (Å²) in [5.74, 6) is 1.90. The molecule has 16 heavy (non-hydrogen) atoms. The number of hydrogen-bond acceptors (Lipinski definition) is 2. The molecule has 0 unspecified atom stereocenters. The second-order valence-electron chi connectivity index (χ2n) is 3.98. The van der Waals surface area contributed by atoms with E-state index < -0.39 is 0 Å². The zero-order valence-electron chi connectivity index (χ0n) is 9.91. The molecule has 0 N–H and O–H groups in total. The normalized spacial score (nSPS) is 10.4. The maximum absolute atomic E-state index is 5.39. The number of ether oxygens (including phenoxy) is 1. The number of furan rings is 1. The summed E-state index contributed by atoms with van der Waals surface area (Å²) in [6, 6.07) is 8.15. The number of benzene rings is 1. The third-order valence-electron chi connectivity index (χ3n) is 2.85. The van der Waals surface area contributed by atoms with E-state index in [0.717, 1.165) is 17.9 Å². The summed E-state index contributed by atoms with van der Waals surface area (Å²) in [5, 5.41) is 0. The van der Waals surface area contributed by atoms with Gasteiger partial charge in [0.2, 0.25) is 0 Å². The molecule has 1 heterocycles. The number of aryl methyl sites for hydroxylation is 2. The SMILES string of the molecule is COc1ccc(Cc2c(C)coc2C)cc1. The van der Waals surface area contributed by atoms with Gasteiger partial charge in [-0.1, -0.05) is 12.1 Å².